The van der Waals surface area contributed by atoms with Crippen LogP contribution >= 0.6 is 0 Å². The molecule has 176 valence electrons. The third-order valence-corrected chi connectivity index (χ3v) is 6.49. The van der Waals surface area contributed by atoms with Crippen LogP contribution in [0.25, 0.3) is 56.4 Å². The second-order valence-electron chi connectivity index (χ2n) is 8.98. The molecule has 6 aromatic rings. The van der Waals surface area contributed by atoms with Gasteiger partial charge in [0.1, 0.15) is 0 Å². The molecule has 0 amide bonds. The first-order valence-electron chi connectivity index (χ1n) is 12.4. The first-order chi connectivity index (χ1) is 18.3. The molecule has 0 saturated heterocycles. The van der Waals surface area contributed by atoms with Crippen molar-refractivity contribution in [2.75, 3.05) is 0 Å². The van der Waals surface area contributed by atoms with Gasteiger partial charge in [-0.1, -0.05) is 133 Å². The maximum atomic E-state index is 4.86. The summed E-state index contributed by atoms with van der Waals surface area (Å²) in [6.45, 7) is 2.17. The van der Waals surface area contributed by atoms with Crippen LogP contribution in [0, 0.1) is 6.92 Å². The van der Waals surface area contributed by atoms with Crippen molar-refractivity contribution in [2.24, 2.45) is 0 Å². The molecule has 37 heavy (non-hydrogen) atoms. The van der Waals surface area contributed by atoms with E-state index in [-0.39, 0.29) is 0 Å². The highest BCUT2D eigenvalue weighted by Gasteiger charge is 2.14. The summed E-state index contributed by atoms with van der Waals surface area (Å²) in [5.74, 6) is 1.99. The Morgan fingerprint density at radius 1 is 0.351 bits per heavy atom. The molecule has 0 bridgehead atoms. The minimum atomic E-state index is 0.659. The molecule has 5 aromatic carbocycles. The second kappa shape index (κ2) is 10.00. The van der Waals surface area contributed by atoms with Crippen molar-refractivity contribution in [3.63, 3.8) is 0 Å². The zero-order chi connectivity index (χ0) is 25.0. The lowest BCUT2D eigenvalue weighted by Crippen LogP contribution is -2.00. The molecule has 0 saturated carbocycles. The molecule has 0 aliphatic heterocycles. The molecule has 0 aliphatic carbocycles. The van der Waals surface area contributed by atoms with Gasteiger partial charge in [-0.05, 0) is 34.7 Å². The van der Waals surface area contributed by atoms with Crippen LogP contribution in [0.3, 0.4) is 0 Å². The van der Waals surface area contributed by atoms with Gasteiger partial charge in [0.15, 0.2) is 17.5 Å². The number of rotatable bonds is 5. The Hall–Kier alpha value is -4.89. The van der Waals surface area contributed by atoms with Crippen LogP contribution < -0.4 is 0 Å². The molecular formula is C34H25N3. The first kappa shape index (κ1) is 22.6. The lowest BCUT2D eigenvalue weighted by Gasteiger charge is -2.14. The highest BCUT2D eigenvalue weighted by atomic mass is 15.0. The lowest BCUT2D eigenvalue weighted by molar-refractivity contribution is 1.07. The van der Waals surface area contributed by atoms with Crippen molar-refractivity contribution < 1.29 is 0 Å². The lowest BCUT2D eigenvalue weighted by atomic mass is 9.91. The average Bonchev–Trinajstić information content (AvgIpc) is 2.98. The predicted octanol–water partition coefficient (Wildman–Crippen LogP) is 8.52. The summed E-state index contributed by atoms with van der Waals surface area (Å²) in [7, 11) is 0. The Labute approximate surface area is 217 Å². The maximum absolute atomic E-state index is 4.86. The van der Waals surface area contributed by atoms with Gasteiger partial charge in [-0.2, -0.15) is 0 Å². The molecule has 0 N–H and O–H groups in total. The van der Waals surface area contributed by atoms with Crippen LogP contribution in [0.1, 0.15) is 5.56 Å². The Morgan fingerprint density at radius 2 is 0.757 bits per heavy atom. The predicted molar refractivity (Wildman–Crippen MR) is 152 cm³/mol. The fraction of sp³-hybridized carbons (Fsp3) is 0.0294. The fourth-order valence-corrected chi connectivity index (χ4v) is 4.63. The summed E-state index contributed by atoms with van der Waals surface area (Å²) < 4.78 is 0. The highest BCUT2D eigenvalue weighted by molar-refractivity contribution is 5.86. The van der Waals surface area contributed by atoms with Crippen LogP contribution in [-0.2, 0) is 0 Å². The van der Waals surface area contributed by atoms with E-state index in [0.29, 0.717) is 17.5 Å². The summed E-state index contributed by atoms with van der Waals surface area (Å²) in [6.07, 6.45) is 0. The van der Waals surface area contributed by atoms with Gasteiger partial charge in [-0.3, -0.25) is 0 Å². The van der Waals surface area contributed by atoms with E-state index in [1.54, 1.807) is 0 Å². The van der Waals surface area contributed by atoms with Gasteiger partial charge in [-0.25, -0.2) is 15.0 Å². The van der Waals surface area contributed by atoms with Gasteiger partial charge < -0.3 is 0 Å². The van der Waals surface area contributed by atoms with E-state index in [4.69, 9.17) is 15.0 Å². The molecule has 3 heteroatoms. The summed E-state index contributed by atoms with van der Waals surface area (Å²) >= 11 is 0. The van der Waals surface area contributed by atoms with E-state index < -0.39 is 0 Å². The summed E-state index contributed by atoms with van der Waals surface area (Å²) in [6, 6.07) is 45.7. The topological polar surface area (TPSA) is 38.7 Å². The quantitative estimate of drug-likeness (QED) is 0.251. The number of benzene rings is 5. The molecule has 1 heterocycles. The molecule has 0 radical (unpaired) electrons. The highest BCUT2D eigenvalue weighted by Crippen LogP contribution is 2.35. The van der Waals surface area contributed by atoms with E-state index >= 15 is 0 Å². The van der Waals surface area contributed by atoms with Gasteiger partial charge >= 0.3 is 0 Å². The van der Waals surface area contributed by atoms with Crippen molar-refractivity contribution in [1.29, 1.82) is 0 Å². The molecule has 0 unspecified atom stereocenters. The standard InChI is InChI=1S/C34H25N3/c1-24-12-11-19-30(31(24)26-13-5-2-6-14-26)25-20-22-29(23-21-25)34-36-32(27-15-7-3-8-16-27)35-33(37-34)28-17-9-4-10-18-28/h2-23H,1H3. The SMILES string of the molecule is Cc1cccc(-c2ccc(-c3nc(-c4ccccc4)nc(-c4ccccc4)n3)cc2)c1-c1ccccc1. The van der Waals surface area contributed by atoms with E-state index in [0.717, 1.165) is 22.3 Å². The molecule has 1 aromatic heterocycles. The zero-order valence-corrected chi connectivity index (χ0v) is 20.5. The summed E-state index contributed by atoms with van der Waals surface area (Å²) in [5, 5.41) is 0. The number of hydrogen-bond acceptors (Lipinski definition) is 3. The smallest absolute Gasteiger partial charge is 0.164 e. The van der Waals surface area contributed by atoms with Crippen molar-refractivity contribution in [3.05, 3.63) is 139 Å². The molecule has 0 fully saturated rings. The molecule has 6 rings (SSSR count). The Morgan fingerprint density at radius 3 is 1.24 bits per heavy atom. The maximum Gasteiger partial charge on any atom is 0.164 e. The Bertz CT molecular complexity index is 1590. The average molecular weight is 476 g/mol. The molecular weight excluding hydrogens is 450 g/mol. The molecule has 0 aliphatic rings. The van der Waals surface area contributed by atoms with Crippen molar-refractivity contribution in [1.82, 2.24) is 15.0 Å². The Kier molecular flexibility index (Phi) is 6.10. The van der Waals surface area contributed by atoms with Gasteiger partial charge in [0.05, 0.1) is 0 Å². The minimum absolute atomic E-state index is 0.659. The van der Waals surface area contributed by atoms with Crippen LogP contribution in [0.2, 0.25) is 0 Å². The van der Waals surface area contributed by atoms with Gasteiger partial charge in [0.2, 0.25) is 0 Å². The minimum Gasteiger partial charge on any atom is -0.208 e. The second-order valence-corrected chi connectivity index (χ2v) is 8.98. The van der Waals surface area contributed by atoms with E-state index in [9.17, 15) is 0 Å². The molecule has 3 nitrogen and oxygen atoms in total. The van der Waals surface area contributed by atoms with E-state index in [1.165, 1.54) is 22.3 Å². The zero-order valence-electron chi connectivity index (χ0n) is 20.5. The van der Waals surface area contributed by atoms with Crippen molar-refractivity contribution >= 4 is 0 Å². The monoisotopic (exact) mass is 475 g/mol. The number of aryl methyl sites for hydroxylation is 1. The third-order valence-electron chi connectivity index (χ3n) is 6.49. The van der Waals surface area contributed by atoms with Crippen LogP contribution in [-0.4, -0.2) is 15.0 Å². The van der Waals surface area contributed by atoms with E-state index in [1.807, 2.05) is 60.7 Å². The van der Waals surface area contributed by atoms with E-state index in [2.05, 4.69) is 79.7 Å². The normalized spacial score (nSPS) is 10.8. The van der Waals surface area contributed by atoms with Gasteiger partial charge in [0, 0.05) is 16.7 Å². The largest absolute Gasteiger partial charge is 0.208 e. The number of nitrogens with zero attached hydrogens (tertiary/aromatic N) is 3. The van der Waals surface area contributed by atoms with Gasteiger partial charge in [0.25, 0.3) is 0 Å². The van der Waals surface area contributed by atoms with Crippen LogP contribution in [0.5, 0.6) is 0 Å². The summed E-state index contributed by atoms with van der Waals surface area (Å²) in [5.41, 5.74) is 8.99. The summed E-state index contributed by atoms with van der Waals surface area (Å²) in [4.78, 5) is 14.5. The number of aromatic nitrogens is 3. The molecule has 0 spiro atoms. The third kappa shape index (κ3) is 4.67. The molecule has 0 atom stereocenters. The van der Waals surface area contributed by atoms with Crippen LogP contribution in [0.15, 0.2) is 133 Å². The van der Waals surface area contributed by atoms with Crippen molar-refractivity contribution in [3.8, 4) is 56.4 Å². The van der Waals surface area contributed by atoms with Crippen molar-refractivity contribution in [2.45, 2.75) is 6.92 Å². The van der Waals surface area contributed by atoms with Crippen LogP contribution in [0.4, 0.5) is 0 Å². The Balaban J connectivity index is 1.44. The van der Waals surface area contributed by atoms with Gasteiger partial charge in [-0.15, -0.1) is 0 Å². The first-order valence-corrected chi connectivity index (χ1v) is 12.4. The number of hydrogen-bond donors (Lipinski definition) is 0. The fourth-order valence-electron chi connectivity index (χ4n) is 4.63.